The fourth-order valence-corrected chi connectivity index (χ4v) is 1.84. The van der Waals surface area contributed by atoms with Crippen LogP contribution in [0.1, 0.15) is 22.8 Å². The van der Waals surface area contributed by atoms with Gasteiger partial charge in [0.2, 0.25) is 0 Å². The Balaban J connectivity index is 2.22. The lowest BCUT2D eigenvalue weighted by atomic mass is 10.1. The Morgan fingerprint density at radius 2 is 1.71 bits per heavy atom. The number of hydrogen-bond acceptors (Lipinski definition) is 4. The number of amides is 1. The number of nitrogens with zero attached hydrogens (tertiary/aromatic N) is 1. The molecule has 0 bridgehead atoms. The highest BCUT2D eigenvalue weighted by Gasteiger charge is 2.13. The molecule has 0 saturated heterocycles. The van der Waals surface area contributed by atoms with Gasteiger partial charge in [-0.3, -0.25) is 4.79 Å². The van der Waals surface area contributed by atoms with Gasteiger partial charge in [-0.05, 0) is 19.1 Å². The topological polar surface area (TPSA) is 81.9 Å². The summed E-state index contributed by atoms with van der Waals surface area (Å²) in [7, 11) is 0. The lowest BCUT2D eigenvalue weighted by Crippen LogP contribution is -2.25. The molecular weight excluding hydrogens is 268 g/mol. The van der Waals surface area contributed by atoms with Crippen LogP contribution >= 0.6 is 0 Å². The quantitative estimate of drug-likeness (QED) is 0.592. The number of nitrogens with one attached hydrogen (secondary N) is 1. The summed E-state index contributed by atoms with van der Waals surface area (Å²) in [4.78, 5) is 12.0. The van der Waals surface area contributed by atoms with E-state index < -0.39 is 12.0 Å². The highest BCUT2D eigenvalue weighted by atomic mass is 16.3. The van der Waals surface area contributed by atoms with Gasteiger partial charge >= 0.3 is 0 Å². The molecule has 2 rings (SSSR count). The third kappa shape index (κ3) is 3.67. The molecule has 2 aromatic rings. The molecule has 2 aromatic carbocycles. The maximum absolute atomic E-state index is 12.0. The van der Waals surface area contributed by atoms with Crippen LogP contribution in [0.15, 0.2) is 59.7 Å². The Bertz CT molecular complexity index is 652. The Morgan fingerprint density at radius 1 is 1.10 bits per heavy atom. The van der Waals surface area contributed by atoms with Gasteiger partial charge < -0.3 is 10.2 Å². The minimum atomic E-state index is -0.836. The van der Waals surface area contributed by atoms with Gasteiger partial charge in [0.1, 0.15) is 5.75 Å². The number of hydrazone groups is 1. The molecule has 108 valence electrons. The van der Waals surface area contributed by atoms with E-state index >= 15 is 0 Å². The van der Waals surface area contributed by atoms with Crippen LogP contribution in [-0.4, -0.2) is 27.9 Å². The van der Waals surface area contributed by atoms with Crippen LogP contribution < -0.4 is 5.43 Å². The van der Waals surface area contributed by atoms with Crippen LogP contribution in [0.4, 0.5) is 0 Å². The predicted octanol–water partition coefficient (Wildman–Crippen LogP) is 1.91. The second-order valence-corrected chi connectivity index (χ2v) is 4.50. The van der Waals surface area contributed by atoms with Crippen molar-refractivity contribution in [2.45, 2.75) is 13.0 Å². The number of carbonyl (C=O) groups is 1. The molecule has 0 aliphatic rings. The van der Waals surface area contributed by atoms with Crippen LogP contribution in [0.3, 0.4) is 0 Å². The molecule has 0 spiro atoms. The monoisotopic (exact) mass is 284 g/mol. The average molecular weight is 284 g/mol. The van der Waals surface area contributed by atoms with Crippen LogP contribution in [0, 0.1) is 0 Å². The first-order valence-electron chi connectivity index (χ1n) is 6.49. The van der Waals surface area contributed by atoms with E-state index in [0.717, 1.165) is 0 Å². The largest absolute Gasteiger partial charge is 0.507 e. The lowest BCUT2D eigenvalue weighted by molar-refractivity contribution is 0.0952. The molecule has 3 N–H and O–H groups in total. The Labute approximate surface area is 122 Å². The standard InChI is InChI=1S/C16H16N2O3/c1-11(19)15(12-7-3-2-4-8-12)17-18-16(21)13-9-5-6-10-14(13)20/h2-11,19-20H,1H3,(H,18,21). The van der Waals surface area contributed by atoms with Crippen LogP contribution in [0.25, 0.3) is 0 Å². The molecule has 1 unspecified atom stereocenters. The van der Waals surface area contributed by atoms with Crippen molar-refractivity contribution in [1.29, 1.82) is 0 Å². The minimum Gasteiger partial charge on any atom is -0.507 e. The number of carbonyl (C=O) groups excluding carboxylic acids is 1. The van der Waals surface area contributed by atoms with E-state index in [9.17, 15) is 15.0 Å². The van der Waals surface area contributed by atoms with Crippen molar-refractivity contribution in [2.75, 3.05) is 0 Å². The van der Waals surface area contributed by atoms with Gasteiger partial charge in [-0.25, -0.2) is 5.43 Å². The molecule has 0 heterocycles. The fourth-order valence-electron chi connectivity index (χ4n) is 1.84. The van der Waals surface area contributed by atoms with E-state index in [0.29, 0.717) is 11.3 Å². The van der Waals surface area contributed by atoms with Crippen molar-refractivity contribution < 1.29 is 15.0 Å². The van der Waals surface area contributed by atoms with Crippen molar-refractivity contribution in [3.05, 3.63) is 65.7 Å². The zero-order valence-electron chi connectivity index (χ0n) is 11.5. The molecular formula is C16H16N2O3. The fraction of sp³-hybridized carbons (Fsp3) is 0.125. The first-order chi connectivity index (χ1) is 10.1. The summed E-state index contributed by atoms with van der Waals surface area (Å²) in [5.41, 5.74) is 3.53. The predicted molar refractivity (Wildman–Crippen MR) is 80.2 cm³/mol. The molecule has 0 aliphatic heterocycles. The van der Waals surface area contributed by atoms with E-state index in [4.69, 9.17) is 0 Å². The van der Waals surface area contributed by atoms with Gasteiger partial charge in [0.15, 0.2) is 0 Å². The van der Waals surface area contributed by atoms with Crippen LogP contribution in [0.5, 0.6) is 5.75 Å². The second kappa shape index (κ2) is 6.67. The summed E-state index contributed by atoms with van der Waals surface area (Å²) in [6.07, 6.45) is -0.836. The average Bonchev–Trinajstić information content (AvgIpc) is 2.48. The summed E-state index contributed by atoms with van der Waals surface area (Å²) in [6.45, 7) is 1.57. The number of aliphatic hydroxyl groups is 1. The number of para-hydroxylation sites is 1. The Kier molecular flexibility index (Phi) is 4.68. The number of rotatable bonds is 4. The highest BCUT2D eigenvalue weighted by Crippen LogP contribution is 2.15. The first kappa shape index (κ1) is 14.7. The van der Waals surface area contributed by atoms with Crippen molar-refractivity contribution >= 4 is 11.6 Å². The number of hydrogen-bond donors (Lipinski definition) is 3. The normalized spacial score (nSPS) is 12.8. The number of benzene rings is 2. The lowest BCUT2D eigenvalue weighted by Gasteiger charge is -2.10. The van der Waals surface area contributed by atoms with Crippen molar-refractivity contribution in [3.8, 4) is 5.75 Å². The van der Waals surface area contributed by atoms with E-state index in [1.807, 2.05) is 18.2 Å². The zero-order chi connectivity index (χ0) is 15.2. The minimum absolute atomic E-state index is 0.122. The van der Waals surface area contributed by atoms with Crippen molar-refractivity contribution in [1.82, 2.24) is 5.43 Å². The maximum atomic E-state index is 12.0. The van der Waals surface area contributed by atoms with E-state index in [2.05, 4.69) is 10.5 Å². The van der Waals surface area contributed by atoms with Gasteiger partial charge in [-0.1, -0.05) is 42.5 Å². The third-order valence-electron chi connectivity index (χ3n) is 2.89. The number of aliphatic hydroxyl groups excluding tert-OH is 1. The van der Waals surface area contributed by atoms with Crippen molar-refractivity contribution in [3.63, 3.8) is 0 Å². The SMILES string of the molecule is CC(O)C(=NNC(=O)c1ccccc1O)c1ccccc1. The van der Waals surface area contributed by atoms with Gasteiger partial charge in [0.05, 0.1) is 17.4 Å². The van der Waals surface area contributed by atoms with E-state index in [1.165, 1.54) is 12.1 Å². The van der Waals surface area contributed by atoms with Crippen molar-refractivity contribution in [2.24, 2.45) is 5.10 Å². The molecule has 0 radical (unpaired) electrons. The third-order valence-corrected chi connectivity index (χ3v) is 2.89. The Morgan fingerprint density at radius 3 is 2.33 bits per heavy atom. The molecule has 5 heteroatoms. The van der Waals surface area contributed by atoms with E-state index in [-0.39, 0.29) is 11.3 Å². The molecule has 1 atom stereocenters. The molecule has 1 amide bonds. The van der Waals surface area contributed by atoms with Gasteiger partial charge in [-0.2, -0.15) is 5.10 Å². The number of aromatic hydroxyl groups is 1. The van der Waals surface area contributed by atoms with E-state index in [1.54, 1.807) is 31.2 Å². The summed E-state index contributed by atoms with van der Waals surface area (Å²) in [5.74, 6) is -0.661. The van der Waals surface area contributed by atoms with Crippen LogP contribution in [-0.2, 0) is 0 Å². The molecule has 5 nitrogen and oxygen atoms in total. The second-order valence-electron chi connectivity index (χ2n) is 4.50. The number of phenolic OH excluding ortho intramolecular Hbond substituents is 1. The molecule has 0 aliphatic carbocycles. The summed E-state index contributed by atoms with van der Waals surface area (Å²) in [5, 5.41) is 23.4. The smallest absolute Gasteiger partial charge is 0.275 e. The first-order valence-corrected chi connectivity index (χ1v) is 6.49. The summed E-state index contributed by atoms with van der Waals surface area (Å²) in [6, 6.07) is 15.2. The van der Waals surface area contributed by atoms with Crippen LogP contribution in [0.2, 0.25) is 0 Å². The van der Waals surface area contributed by atoms with Gasteiger partial charge in [0.25, 0.3) is 5.91 Å². The summed E-state index contributed by atoms with van der Waals surface area (Å²) >= 11 is 0. The molecule has 0 aromatic heterocycles. The van der Waals surface area contributed by atoms with Gasteiger partial charge in [0, 0.05) is 5.56 Å². The highest BCUT2D eigenvalue weighted by molar-refractivity contribution is 6.05. The summed E-state index contributed by atoms with van der Waals surface area (Å²) < 4.78 is 0. The van der Waals surface area contributed by atoms with Gasteiger partial charge in [-0.15, -0.1) is 0 Å². The zero-order valence-corrected chi connectivity index (χ0v) is 11.5. The molecule has 0 saturated carbocycles. The molecule has 21 heavy (non-hydrogen) atoms. The Hall–Kier alpha value is -2.66. The number of phenols is 1. The molecule has 0 fully saturated rings. The maximum Gasteiger partial charge on any atom is 0.275 e.